The van der Waals surface area contributed by atoms with E-state index in [1.165, 1.54) is 12.1 Å². The van der Waals surface area contributed by atoms with E-state index < -0.39 is 0 Å². The lowest BCUT2D eigenvalue weighted by Gasteiger charge is -2.28. The van der Waals surface area contributed by atoms with E-state index in [9.17, 15) is 0 Å². The predicted molar refractivity (Wildman–Crippen MR) is 128 cm³/mol. The van der Waals surface area contributed by atoms with Crippen molar-refractivity contribution in [1.29, 1.82) is 0 Å². The van der Waals surface area contributed by atoms with Crippen molar-refractivity contribution in [3.8, 4) is 22.6 Å². The van der Waals surface area contributed by atoms with Crippen LogP contribution in [0.2, 0.25) is 0 Å². The van der Waals surface area contributed by atoms with E-state index in [1.54, 1.807) is 12.4 Å². The zero-order valence-electron chi connectivity index (χ0n) is 17.9. The molecule has 1 saturated heterocycles. The zero-order chi connectivity index (χ0) is 22.0. The smallest absolute Gasteiger partial charge is 0.182 e. The molecule has 0 atom stereocenters. The van der Waals surface area contributed by atoms with E-state index >= 15 is 0 Å². The molecule has 8 heteroatoms. The molecule has 1 aliphatic heterocycles. The Labute approximate surface area is 190 Å². The van der Waals surface area contributed by atoms with Crippen LogP contribution in [-0.2, 0) is 4.74 Å². The largest absolute Gasteiger partial charge is 0.443 e. The topological polar surface area (TPSA) is 92.1 Å². The van der Waals surface area contributed by atoms with Gasteiger partial charge in [0, 0.05) is 47.2 Å². The number of fused-ring (bicyclic) bond motifs is 1. The number of aromatic amines is 1. The second-order valence-corrected chi connectivity index (χ2v) is 7.90. The molecule has 0 radical (unpaired) electrons. The van der Waals surface area contributed by atoms with Crippen molar-refractivity contribution in [2.24, 2.45) is 0 Å². The molecule has 2 aromatic carbocycles. The average Bonchev–Trinajstić information content (AvgIpc) is 3.55. The van der Waals surface area contributed by atoms with Crippen LogP contribution in [0.1, 0.15) is 0 Å². The van der Waals surface area contributed by atoms with Crippen LogP contribution in [0.3, 0.4) is 0 Å². The van der Waals surface area contributed by atoms with Gasteiger partial charge in [0.25, 0.3) is 0 Å². The van der Waals surface area contributed by atoms with E-state index in [4.69, 9.17) is 9.15 Å². The molecule has 0 amide bonds. The summed E-state index contributed by atoms with van der Waals surface area (Å²) in [5, 5.41) is 11.5. The molecule has 0 aliphatic carbocycles. The van der Waals surface area contributed by atoms with Crippen LogP contribution in [0.5, 0.6) is 0 Å². The van der Waals surface area contributed by atoms with Gasteiger partial charge in [-0.15, -0.1) is 0 Å². The number of benzene rings is 2. The molecular formula is C25H22N6O2. The second-order valence-electron chi connectivity index (χ2n) is 7.90. The Morgan fingerprint density at radius 1 is 0.909 bits per heavy atom. The van der Waals surface area contributed by atoms with Crippen LogP contribution in [0.15, 0.2) is 77.8 Å². The van der Waals surface area contributed by atoms with Crippen molar-refractivity contribution >= 4 is 28.1 Å². The Morgan fingerprint density at radius 2 is 1.79 bits per heavy atom. The summed E-state index contributed by atoms with van der Waals surface area (Å²) in [4.78, 5) is 11.3. The highest BCUT2D eigenvalue weighted by Gasteiger charge is 2.15. The molecule has 8 nitrogen and oxygen atoms in total. The maximum atomic E-state index is 5.78. The van der Waals surface area contributed by atoms with Crippen molar-refractivity contribution in [3.63, 3.8) is 0 Å². The molecule has 5 aromatic rings. The maximum Gasteiger partial charge on any atom is 0.182 e. The summed E-state index contributed by atoms with van der Waals surface area (Å²) in [5.74, 6) is 1.43. The fraction of sp³-hybridized carbons (Fsp3) is 0.160. The summed E-state index contributed by atoms with van der Waals surface area (Å²) < 4.78 is 11.2. The van der Waals surface area contributed by atoms with Gasteiger partial charge in [0.15, 0.2) is 12.2 Å². The fourth-order valence-electron chi connectivity index (χ4n) is 4.11. The summed E-state index contributed by atoms with van der Waals surface area (Å²) in [6.07, 6.45) is 5.04. The van der Waals surface area contributed by atoms with E-state index in [-0.39, 0.29) is 0 Å². The quantitative estimate of drug-likeness (QED) is 0.405. The Balaban J connectivity index is 1.24. The van der Waals surface area contributed by atoms with Crippen LogP contribution in [0.25, 0.3) is 33.5 Å². The maximum absolute atomic E-state index is 5.78. The van der Waals surface area contributed by atoms with Crippen molar-refractivity contribution in [2.45, 2.75) is 0 Å². The minimum atomic E-state index is 0.696. The highest BCUT2D eigenvalue weighted by atomic mass is 16.5. The number of pyridine rings is 1. The van der Waals surface area contributed by atoms with Crippen molar-refractivity contribution in [1.82, 2.24) is 20.2 Å². The van der Waals surface area contributed by atoms with Crippen LogP contribution in [0, 0.1) is 0 Å². The van der Waals surface area contributed by atoms with Crippen molar-refractivity contribution in [2.75, 3.05) is 36.5 Å². The first kappa shape index (κ1) is 19.5. The monoisotopic (exact) mass is 438 g/mol. The zero-order valence-corrected chi connectivity index (χ0v) is 17.9. The standard InChI is InChI=1S/C25H22N6O2/c1-2-19-15-28-30-22(19)13-17(1)24-25(33-16-27-24)18-7-8-26-23(14-18)29-20-3-5-21(6-4-20)31-9-11-32-12-10-31/h1-8,13-16H,9-12H2,(H,26,29)(H,28,30). The number of hydrogen-bond acceptors (Lipinski definition) is 7. The number of ether oxygens (including phenoxy) is 1. The third-order valence-electron chi connectivity index (χ3n) is 5.82. The minimum absolute atomic E-state index is 0.696. The first-order valence-electron chi connectivity index (χ1n) is 10.9. The molecule has 4 heterocycles. The molecule has 164 valence electrons. The average molecular weight is 438 g/mol. The first-order valence-corrected chi connectivity index (χ1v) is 10.9. The number of hydrogen-bond donors (Lipinski definition) is 2. The lowest BCUT2D eigenvalue weighted by molar-refractivity contribution is 0.122. The third-order valence-corrected chi connectivity index (χ3v) is 5.82. The normalized spacial score (nSPS) is 14.0. The van der Waals surface area contributed by atoms with Gasteiger partial charge in [-0.05, 0) is 42.5 Å². The van der Waals surface area contributed by atoms with E-state index in [2.05, 4.69) is 54.6 Å². The Hall–Kier alpha value is -4.17. The number of anilines is 3. The lowest BCUT2D eigenvalue weighted by atomic mass is 10.1. The second kappa shape index (κ2) is 8.40. The predicted octanol–water partition coefficient (Wildman–Crippen LogP) is 4.86. The Kier molecular flexibility index (Phi) is 4.97. The number of morpholine rings is 1. The molecule has 0 bridgehead atoms. The van der Waals surface area contributed by atoms with Crippen LogP contribution in [-0.4, -0.2) is 46.5 Å². The number of nitrogens with zero attached hydrogens (tertiary/aromatic N) is 4. The Bertz CT molecular complexity index is 1390. The van der Waals surface area contributed by atoms with Gasteiger partial charge in [-0.25, -0.2) is 9.97 Å². The minimum Gasteiger partial charge on any atom is -0.443 e. The number of rotatable bonds is 5. The van der Waals surface area contributed by atoms with Crippen molar-refractivity contribution < 1.29 is 9.15 Å². The molecular weight excluding hydrogens is 416 g/mol. The molecule has 1 aliphatic rings. The molecule has 3 aromatic heterocycles. The molecule has 2 N–H and O–H groups in total. The van der Waals surface area contributed by atoms with Gasteiger partial charge in [-0.1, -0.05) is 12.1 Å². The van der Waals surface area contributed by atoms with Gasteiger partial charge in [0.05, 0.1) is 24.9 Å². The molecule has 0 saturated carbocycles. The summed E-state index contributed by atoms with van der Waals surface area (Å²) in [6, 6.07) is 18.3. The summed E-state index contributed by atoms with van der Waals surface area (Å²) >= 11 is 0. The van der Waals surface area contributed by atoms with Gasteiger partial charge < -0.3 is 19.4 Å². The lowest BCUT2D eigenvalue weighted by Crippen LogP contribution is -2.36. The molecule has 33 heavy (non-hydrogen) atoms. The van der Waals surface area contributed by atoms with Crippen LogP contribution in [0.4, 0.5) is 17.2 Å². The van der Waals surface area contributed by atoms with Gasteiger partial charge in [-0.2, -0.15) is 5.10 Å². The third kappa shape index (κ3) is 3.92. The molecule has 0 unspecified atom stereocenters. The number of nitrogens with one attached hydrogen (secondary N) is 2. The number of aromatic nitrogens is 4. The fourth-order valence-corrected chi connectivity index (χ4v) is 4.11. The number of oxazole rings is 1. The van der Waals surface area contributed by atoms with Crippen molar-refractivity contribution in [3.05, 3.63) is 73.4 Å². The SMILES string of the molecule is c1cc(-c2ocnc2-c2ccc3cn[nH]c3c2)cc(Nc2ccc(N3CCOCC3)cc2)n1. The van der Waals surface area contributed by atoms with Gasteiger partial charge in [0.1, 0.15) is 11.5 Å². The van der Waals surface area contributed by atoms with E-state index in [0.717, 1.165) is 65.5 Å². The highest BCUT2D eigenvalue weighted by Crippen LogP contribution is 2.33. The summed E-state index contributed by atoms with van der Waals surface area (Å²) in [7, 11) is 0. The van der Waals surface area contributed by atoms with Gasteiger partial charge >= 0.3 is 0 Å². The highest BCUT2D eigenvalue weighted by molar-refractivity contribution is 5.86. The Morgan fingerprint density at radius 3 is 2.67 bits per heavy atom. The van der Waals surface area contributed by atoms with E-state index in [1.807, 2.05) is 30.3 Å². The van der Waals surface area contributed by atoms with Crippen LogP contribution >= 0.6 is 0 Å². The van der Waals surface area contributed by atoms with Gasteiger partial charge in [0.2, 0.25) is 0 Å². The molecule has 6 rings (SSSR count). The van der Waals surface area contributed by atoms with E-state index in [0.29, 0.717) is 5.76 Å². The summed E-state index contributed by atoms with van der Waals surface area (Å²) in [6.45, 7) is 3.39. The number of H-pyrrole nitrogens is 1. The molecule has 0 spiro atoms. The first-order chi connectivity index (χ1) is 16.3. The van der Waals surface area contributed by atoms with Crippen LogP contribution < -0.4 is 10.2 Å². The van der Waals surface area contributed by atoms with Gasteiger partial charge in [-0.3, -0.25) is 5.10 Å². The summed E-state index contributed by atoms with van der Waals surface area (Å²) in [5.41, 5.74) is 5.76. The molecule has 1 fully saturated rings.